The summed E-state index contributed by atoms with van der Waals surface area (Å²) in [5.74, 6) is 1.56. The first kappa shape index (κ1) is 9.53. The Bertz CT molecular complexity index is 497. The molecular formula is C10H13N5O. The summed E-state index contributed by atoms with van der Waals surface area (Å²) < 4.78 is 1.72. The maximum atomic E-state index is 9.32. The van der Waals surface area contributed by atoms with Crippen molar-refractivity contribution in [2.75, 3.05) is 18.1 Å². The molecule has 0 aliphatic carbocycles. The van der Waals surface area contributed by atoms with E-state index >= 15 is 0 Å². The monoisotopic (exact) mass is 219 g/mol. The van der Waals surface area contributed by atoms with E-state index in [0.717, 1.165) is 25.2 Å². The van der Waals surface area contributed by atoms with Gasteiger partial charge in [-0.15, -0.1) is 0 Å². The van der Waals surface area contributed by atoms with Gasteiger partial charge in [-0.3, -0.25) is 0 Å². The summed E-state index contributed by atoms with van der Waals surface area (Å²) >= 11 is 0. The van der Waals surface area contributed by atoms with E-state index in [1.54, 1.807) is 10.7 Å². The average Bonchev–Trinajstić information content (AvgIpc) is 2.96. The second kappa shape index (κ2) is 3.71. The third-order valence-corrected chi connectivity index (χ3v) is 3.04. The van der Waals surface area contributed by atoms with E-state index in [1.807, 2.05) is 6.07 Å². The first-order valence-corrected chi connectivity index (χ1v) is 5.42. The van der Waals surface area contributed by atoms with Gasteiger partial charge in [-0.1, -0.05) is 0 Å². The Labute approximate surface area is 92.5 Å². The molecule has 6 heteroatoms. The first-order chi connectivity index (χ1) is 7.90. The van der Waals surface area contributed by atoms with E-state index in [-0.39, 0.29) is 12.6 Å². The van der Waals surface area contributed by atoms with Gasteiger partial charge in [0, 0.05) is 12.7 Å². The average molecular weight is 219 g/mol. The lowest BCUT2D eigenvalue weighted by molar-refractivity contribution is 0.265. The van der Waals surface area contributed by atoms with E-state index in [0.29, 0.717) is 5.78 Å². The topological polar surface area (TPSA) is 66.5 Å². The minimum Gasteiger partial charge on any atom is -0.394 e. The summed E-state index contributed by atoms with van der Waals surface area (Å²) in [7, 11) is 0. The van der Waals surface area contributed by atoms with Crippen LogP contribution in [0.3, 0.4) is 0 Å². The van der Waals surface area contributed by atoms with Gasteiger partial charge in [0.05, 0.1) is 12.6 Å². The van der Waals surface area contributed by atoms with Crippen LogP contribution in [0.2, 0.25) is 0 Å². The molecule has 1 unspecified atom stereocenters. The molecule has 1 aliphatic heterocycles. The van der Waals surface area contributed by atoms with E-state index in [4.69, 9.17) is 0 Å². The summed E-state index contributed by atoms with van der Waals surface area (Å²) in [4.78, 5) is 10.3. The summed E-state index contributed by atoms with van der Waals surface area (Å²) in [6.45, 7) is 1.13. The Hall–Kier alpha value is -1.69. The fourth-order valence-corrected chi connectivity index (χ4v) is 2.27. The van der Waals surface area contributed by atoms with Gasteiger partial charge in [0.25, 0.3) is 5.78 Å². The number of rotatable bonds is 2. The van der Waals surface area contributed by atoms with Gasteiger partial charge in [-0.2, -0.15) is 14.6 Å². The highest BCUT2D eigenvalue weighted by molar-refractivity contribution is 5.46. The zero-order valence-electron chi connectivity index (χ0n) is 8.82. The molecule has 0 aromatic carbocycles. The number of aromatic nitrogens is 4. The fraction of sp³-hybridized carbons (Fsp3) is 0.500. The normalized spacial score (nSPS) is 20.8. The van der Waals surface area contributed by atoms with Crippen LogP contribution in [0.1, 0.15) is 12.8 Å². The van der Waals surface area contributed by atoms with Crippen molar-refractivity contribution < 1.29 is 5.11 Å². The van der Waals surface area contributed by atoms with Crippen molar-refractivity contribution in [3.05, 3.63) is 18.6 Å². The number of aliphatic hydroxyl groups is 1. The van der Waals surface area contributed by atoms with Crippen LogP contribution in [0.15, 0.2) is 18.6 Å². The number of fused-ring (bicyclic) bond motifs is 1. The molecule has 0 saturated carbocycles. The van der Waals surface area contributed by atoms with Crippen LogP contribution < -0.4 is 4.90 Å². The maximum absolute atomic E-state index is 9.32. The molecule has 0 spiro atoms. The lowest BCUT2D eigenvalue weighted by Crippen LogP contribution is -2.33. The standard InChI is InChI=1S/C10H13N5O/c16-6-8-2-1-5-14(8)9-3-4-11-10-12-7-13-15(9)10/h3-4,7-8,16H,1-2,5-6H2. The van der Waals surface area contributed by atoms with E-state index < -0.39 is 0 Å². The second-order valence-electron chi connectivity index (χ2n) is 3.95. The molecule has 1 fully saturated rings. The van der Waals surface area contributed by atoms with Crippen LogP contribution in [0.4, 0.5) is 5.82 Å². The van der Waals surface area contributed by atoms with Crippen LogP contribution in [-0.2, 0) is 0 Å². The number of hydrogen-bond acceptors (Lipinski definition) is 5. The summed E-state index contributed by atoms with van der Waals surface area (Å²) in [6.07, 6.45) is 5.35. The predicted molar refractivity (Wildman–Crippen MR) is 58.2 cm³/mol. The van der Waals surface area contributed by atoms with Crippen molar-refractivity contribution in [2.24, 2.45) is 0 Å². The van der Waals surface area contributed by atoms with Crippen LogP contribution in [0.5, 0.6) is 0 Å². The molecule has 84 valence electrons. The zero-order chi connectivity index (χ0) is 11.0. The van der Waals surface area contributed by atoms with Crippen LogP contribution in [0.25, 0.3) is 5.78 Å². The van der Waals surface area contributed by atoms with Crippen molar-refractivity contribution >= 4 is 11.6 Å². The smallest absolute Gasteiger partial charge is 0.254 e. The molecule has 2 aromatic heterocycles. The number of aliphatic hydroxyl groups excluding tert-OH is 1. The highest BCUT2D eigenvalue weighted by Crippen LogP contribution is 2.24. The molecular weight excluding hydrogens is 206 g/mol. The Kier molecular flexibility index (Phi) is 2.21. The van der Waals surface area contributed by atoms with E-state index in [2.05, 4.69) is 20.0 Å². The van der Waals surface area contributed by atoms with Gasteiger partial charge < -0.3 is 10.0 Å². The minimum atomic E-state index is 0.179. The van der Waals surface area contributed by atoms with Crippen LogP contribution in [-0.4, -0.2) is 43.9 Å². The van der Waals surface area contributed by atoms with Gasteiger partial charge >= 0.3 is 0 Å². The van der Waals surface area contributed by atoms with Gasteiger partial charge in [0.1, 0.15) is 12.1 Å². The molecule has 1 saturated heterocycles. The van der Waals surface area contributed by atoms with Gasteiger partial charge in [-0.05, 0) is 18.9 Å². The third-order valence-electron chi connectivity index (χ3n) is 3.04. The largest absolute Gasteiger partial charge is 0.394 e. The molecule has 0 radical (unpaired) electrons. The SMILES string of the molecule is OCC1CCCN1c1ccnc2ncnn12. The first-order valence-electron chi connectivity index (χ1n) is 5.42. The van der Waals surface area contributed by atoms with Crippen molar-refractivity contribution in [1.82, 2.24) is 19.6 Å². The molecule has 1 aliphatic rings. The number of hydrogen-bond donors (Lipinski definition) is 1. The third kappa shape index (κ3) is 1.34. The van der Waals surface area contributed by atoms with Gasteiger partial charge in [0.2, 0.25) is 0 Å². The van der Waals surface area contributed by atoms with Crippen molar-refractivity contribution in [3.63, 3.8) is 0 Å². The molecule has 0 amide bonds. The molecule has 16 heavy (non-hydrogen) atoms. The van der Waals surface area contributed by atoms with Crippen molar-refractivity contribution in [3.8, 4) is 0 Å². The quantitative estimate of drug-likeness (QED) is 0.775. The number of anilines is 1. The predicted octanol–water partition coefficient (Wildman–Crippen LogP) is 0.0854. The molecule has 6 nitrogen and oxygen atoms in total. The van der Waals surface area contributed by atoms with Gasteiger partial charge in [0.15, 0.2) is 0 Å². The summed E-state index contributed by atoms with van der Waals surface area (Å²) in [6, 6.07) is 2.10. The van der Waals surface area contributed by atoms with Crippen molar-refractivity contribution in [2.45, 2.75) is 18.9 Å². The Morgan fingerprint density at radius 2 is 2.38 bits per heavy atom. The maximum Gasteiger partial charge on any atom is 0.254 e. The lowest BCUT2D eigenvalue weighted by atomic mass is 10.2. The molecule has 1 atom stereocenters. The van der Waals surface area contributed by atoms with Crippen LogP contribution in [0, 0.1) is 0 Å². The molecule has 3 heterocycles. The minimum absolute atomic E-state index is 0.179. The Morgan fingerprint density at radius 3 is 3.25 bits per heavy atom. The molecule has 0 bridgehead atoms. The lowest BCUT2D eigenvalue weighted by Gasteiger charge is -2.24. The molecule has 2 aromatic rings. The number of nitrogens with zero attached hydrogens (tertiary/aromatic N) is 5. The van der Waals surface area contributed by atoms with E-state index in [1.165, 1.54) is 6.33 Å². The zero-order valence-corrected chi connectivity index (χ0v) is 8.82. The summed E-state index contributed by atoms with van der Waals surface area (Å²) in [5.41, 5.74) is 0. The van der Waals surface area contributed by atoms with E-state index in [9.17, 15) is 5.11 Å². The highest BCUT2D eigenvalue weighted by Gasteiger charge is 2.25. The highest BCUT2D eigenvalue weighted by atomic mass is 16.3. The Morgan fingerprint density at radius 1 is 1.44 bits per heavy atom. The van der Waals surface area contributed by atoms with Crippen LogP contribution >= 0.6 is 0 Å². The molecule has 3 rings (SSSR count). The Balaban J connectivity index is 2.07. The summed E-state index contributed by atoms with van der Waals surface area (Å²) in [5, 5.41) is 13.5. The van der Waals surface area contributed by atoms with Gasteiger partial charge in [-0.25, -0.2) is 4.98 Å². The fourth-order valence-electron chi connectivity index (χ4n) is 2.27. The second-order valence-corrected chi connectivity index (χ2v) is 3.95. The van der Waals surface area contributed by atoms with Crippen molar-refractivity contribution in [1.29, 1.82) is 0 Å². The molecule has 1 N–H and O–H groups in total.